The highest BCUT2D eigenvalue weighted by Gasteiger charge is 2.43. The van der Waals surface area contributed by atoms with Crippen molar-refractivity contribution in [2.24, 2.45) is 0 Å². The summed E-state index contributed by atoms with van der Waals surface area (Å²) in [5, 5.41) is 0. The van der Waals surface area contributed by atoms with E-state index in [0.717, 1.165) is 85.7 Å². The molecule has 4 N–H and O–H groups in total. The van der Waals surface area contributed by atoms with Crippen LogP contribution in [0, 0.1) is 27.7 Å². The average molecular weight is 625 g/mol. The first kappa shape index (κ1) is 31.7. The normalized spacial score (nSPS) is 23.5. The Balaban J connectivity index is 1.57. The zero-order valence-corrected chi connectivity index (χ0v) is 29.1. The van der Waals surface area contributed by atoms with Crippen molar-refractivity contribution in [1.29, 1.82) is 0 Å². The number of benzene rings is 3. The topological polar surface area (TPSA) is 102 Å². The first-order valence-corrected chi connectivity index (χ1v) is 17.2. The molecule has 6 nitrogen and oxygen atoms in total. The Kier molecular flexibility index (Phi) is 7.83. The van der Waals surface area contributed by atoms with Crippen LogP contribution in [-0.4, -0.2) is 50.8 Å². The van der Waals surface area contributed by atoms with Gasteiger partial charge < -0.3 is 30.4 Å². The molecule has 3 aromatic rings. The fourth-order valence-corrected chi connectivity index (χ4v) is 7.99. The second-order valence-corrected chi connectivity index (χ2v) is 15.6. The Hall–Kier alpha value is -2.90. The lowest BCUT2D eigenvalue weighted by molar-refractivity contribution is 0.393. The molecule has 4 aliphatic heterocycles. The van der Waals surface area contributed by atoms with E-state index in [4.69, 9.17) is 30.4 Å². The van der Waals surface area contributed by atoms with E-state index in [1.165, 1.54) is 44.5 Å². The molecule has 0 radical (unpaired) electrons. The minimum Gasteiger partial charge on any atom is -0.398 e. The van der Waals surface area contributed by atoms with Gasteiger partial charge in [0, 0.05) is 47.9 Å². The summed E-state index contributed by atoms with van der Waals surface area (Å²) >= 11 is 0. The van der Waals surface area contributed by atoms with Gasteiger partial charge in [0.05, 0.1) is 50.8 Å². The average Bonchev–Trinajstić information content (AvgIpc) is 3.77. The Morgan fingerprint density at radius 3 is 0.913 bits per heavy atom. The zero-order chi connectivity index (χ0) is 32.7. The molecule has 46 heavy (non-hydrogen) atoms. The minimum atomic E-state index is -0.285. The lowest BCUT2D eigenvalue weighted by Crippen LogP contribution is -2.32. The Morgan fingerprint density at radius 1 is 0.500 bits per heavy atom. The van der Waals surface area contributed by atoms with Gasteiger partial charge in [0.25, 0.3) is 0 Å². The highest BCUT2D eigenvalue weighted by Crippen LogP contribution is 2.49. The van der Waals surface area contributed by atoms with Gasteiger partial charge in [-0.2, -0.15) is 0 Å². The van der Waals surface area contributed by atoms with E-state index in [0.29, 0.717) is 0 Å². The molecule has 7 rings (SSSR count). The third-order valence-corrected chi connectivity index (χ3v) is 11.2. The summed E-state index contributed by atoms with van der Waals surface area (Å²) in [7, 11) is 0. The Labute approximate surface area is 275 Å². The molecule has 0 amide bonds. The summed E-state index contributed by atoms with van der Waals surface area (Å²) in [5.41, 5.74) is 30.0. The largest absolute Gasteiger partial charge is 0.398 e. The van der Waals surface area contributed by atoms with Gasteiger partial charge in [0.1, 0.15) is 0 Å². The van der Waals surface area contributed by atoms with Gasteiger partial charge in [0.15, 0.2) is 0 Å². The summed E-state index contributed by atoms with van der Waals surface area (Å²) < 4.78 is 24.0. The molecule has 0 bridgehead atoms. The standard InChI is InChI=1S/C40H52N2O4/c1-21-9-25(10-22(2)37(21)41)39(5,6)35-31(13-27-17-43-27)33(15-29-19-45-29)36(34(16-30-20-46-30)32(35)14-28-18-44-28)40(7,8)26-11-23(3)38(42)24(4)12-26/h9-12,27-30H,13-20,41-42H2,1-8H3. The van der Waals surface area contributed by atoms with E-state index in [9.17, 15) is 0 Å². The van der Waals surface area contributed by atoms with Crippen molar-refractivity contribution in [2.45, 2.75) is 116 Å². The molecule has 4 unspecified atom stereocenters. The van der Waals surface area contributed by atoms with E-state index >= 15 is 0 Å². The lowest BCUT2D eigenvalue weighted by Gasteiger charge is -2.40. The Morgan fingerprint density at radius 2 is 0.717 bits per heavy atom. The maximum Gasteiger partial charge on any atom is 0.0850 e. The van der Waals surface area contributed by atoms with Gasteiger partial charge >= 0.3 is 0 Å². The molecule has 4 fully saturated rings. The number of anilines is 2. The first-order valence-electron chi connectivity index (χ1n) is 17.2. The maximum absolute atomic E-state index is 6.50. The van der Waals surface area contributed by atoms with Crippen LogP contribution in [0.3, 0.4) is 0 Å². The molecular formula is C40H52N2O4. The quantitative estimate of drug-likeness (QED) is 0.176. The van der Waals surface area contributed by atoms with Crippen LogP contribution in [0.5, 0.6) is 0 Å². The molecule has 4 atom stereocenters. The maximum atomic E-state index is 6.50. The fourth-order valence-electron chi connectivity index (χ4n) is 7.99. The van der Waals surface area contributed by atoms with Crippen molar-refractivity contribution >= 4 is 11.4 Å². The zero-order valence-electron chi connectivity index (χ0n) is 29.1. The molecule has 246 valence electrons. The first-order chi connectivity index (χ1) is 21.8. The van der Waals surface area contributed by atoms with Crippen molar-refractivity contribution in [3.63, 3.8) is 0 Å². The number of epoxide rings is 4. The van der Waals surface area contributed by atoms with Crippen LogP contribution in [0.2, 0.25) is 0 Å². The van der Waals surface area contributed by atoms with Crippen molar-refractivity contribution in [2.75, 3.05) is 37.9 Å². The number of nitrogens with two attached hydrogens (primary N) is 2. The number of ether oxygens (including phenoxy) is 4. The van der Waals surface area contributed by atoms with E-state index in [2.05, 4.69) is 79.7 Å². The Bertz CT molecular complexity index is 1470. The molecule has 3 aromatic carbocycles. The molecule has 4 aliphatic rings. The lowest BCUT2D eigenvalue weighted by atomic mass is 9.64. The van der Waals surface area contributed by atoms with Crippen LogP contribution in [0.15, 0.2) is 24.3 Å². The van der Waals surface area contributed by atoms with Crippen LogP contribution in [0.25, 0.3) is 0 Å². The minimum absolute atomic E-state index is 0.239. The summed E-state index contributed by atoms with van der Waals surface area (Å²) in [6, 6.07) is 9.23. The number of rotatable bonds is 12. The van der Waals surface area contributed by atoms with Crippen LogP contribution >= 0.6 is 0 Å². The van der Waals surface area contributed by atoms with Crippen molar-refractivity contribution < 1.29 is 18.9 Å². The van der Waals surface area contributed by atoms with E-state index in [1.807, 2.05) is 0 Å². The summed E-state index contributed by atoms with van der Waals surface area (Å²) in [6.45, 7) is 21.4. The van der Waals surface area contributed by atoms with Crippen LogP contribution in [-0.2, 0) is 55.5 Å². The van der Waals surface area contributed by atoms with Crippen LogP contribution in [0.1, 0.15) is 94.5 Å². The van der Waals surface area contributed by atoms with E-state index in [-0.39, 0.29) is 35.2 Å². The molecule has 0 aliphatic carbocycles. The van der Waals surface area contributed by atoms with Crippen LogP contribution in [0.4, 0.5) is 11.4 Å². The third-order valence-electron chi connectivity index (χ3n) is 11.2. The monoisotopic (exact) mass is 624 g/mol. The molecule has 0 saturated carbocycles. The highest BCUT2D eigenvalue weighted by molar-refractivity contribution is 5.65. The smallest absolute Gasteiger partial charge is 0.0850 e. The predicted molar refractivity (Wildman–Crippen MR) is 185 cm³/mol. The number of aryl methyl sites for hydroxylation is 4. The molecule has 4 heterocycles. The molecule has 0 spiro atoms. The van der Waals surface area contributed by atoms with E-state index in [1.54, 1.807) is 0 Å². The van der Waals surface area contributed by atoms with E-state index < -0.39 is 0 Å². The fraction of sp³-hybridized carbons (Fsp3) is 0.550. The van der Waals surface area contributed by atoms with Gasteiger partial charge in [-0.25, -0.2) is 0 Å². The van der Waals surface area contributed by atoms with Gasteiger partial charge in [0.2, 0.25) is 0 Å². The summed E-state index contributed by atoms with van der Waals surface area (Å²) in [4.78, 5) is 0. The molecule has 0 aromatic heterocycles. The van der Waals surface area contributed by atoms with Gasteiger partial charge in [-0.1, -0.05) is 52.0 Å². The number of nitrogen functional groups attached to an aromatic ring is 2. The second kappa shape index (κ2) is 11.4. The number of hydrogen-bond donors (Lipinski definition) is 2. The van der Waals surface area contributed by atoms with Crippen molar-refractivity contribution in [1.82, 2.24) is 0 Å². The third kappa shape index (κ3) is 5.98. The van der Waals surface area contributed by atoms with Crippen molar-refractivity contribution in [3.05, 3.63) is 91.0 Å². The highest BCUT2D eigenvalue weighted by atomic mass is 16.6. The predicted octanol–water partition coefficient (Wildman–Crippen LogP) is 6.50. The summed E-state index contributed by atoms with van der Waals surface area (Å²) in [6.07, 6.45) is 4.55. The SMILES string of the molecule is Cc1cc(C(C)(C)c2c(CC3CO3)c(CC3CO3)c(C(C)(C)c3cc(C)c(N)c(C)c3)c(CC3CO3)c2CC2CO2)cc(C)c1N. The molecule has 6 heteroatoms. The van der Waals surface area contributed by atoms with Crippen molar-refractivity contribution in [3.8, 4) is 0 Å². The van der Waals surface area contributed by atoms with Gasteiger partial charge in [-0.05, 0) is 94.5 Å². The second-order valence-electron chi connectivity index (χ2n) is 15.6. The molecule has 4 saturated heterocycles. The van der Waals surface area contributed by atoms with Crippen LogP contribution < -0.4 is 11.5 Å². The molecular weight excluding hydrogens is 572 g/mol. The number of hydrogen-bond acceptors (Lipinski definition) is 6. The summed E-state index contributed by atoms with van der Waals surface area (Å²) in [5.74, 6) is 0. The van der Waals surface area contributed by atoms with Gasteiger partial charge in [-0.3, -0.25) is 0 Å². The van der Waals surface area contributed by atoms with Gasteiger partial charge in [-0.15, -0.1) is 0 Å².